The Labute approximate surface area is 94.6 Å². The van der Waals surface area contributed by atoms with Gasteiger partial charge in [-0.3, -0.25) is 0 Å². The molecule has 0 bridgehead atoms. The predicted octanol–water partition coefficient (Wildman–Crippen LogP) is 0.346. The van der Waals surface area contributed by atoms with E-state index in [1.54, 1.807) is 0 Å². The molecule has 2 unspecified atom stereocenters. The van der Waals surface area contributed by atoms with E-state index in [1.807, 2.05) is 20.8 Å². The standard InChI is InChI=1S/C10H20O4S/c1-4-6-7(11)8(12)9(13)10(14-6)15-5(2)3/h5-13H,4H2,1-3H3/t6?,7-,8?,9+,10-/m0/s1. The molecule has 0 aromatic rings. The Morgan fingerprint density at radius 2 is 1.73 bits per heavy atom. The molecular weight excluding hydrogens is 216 g/mol. The van der Waals surface area contributed by atoms with Crippen LogP contribution in [0.5, 0.6) is 0 Å². The van der Waals surface area contributed by atoms with Crippen molar-refractivity contribution in [2.24, 2.45) is 0 Å². The average Bonchev–Trinajstić information content (AvgIpc) is 2.18. The minimum Gasteiger partial charge on any atom is -0.388 e. The van der Waals surface area contributed by atoms with E-state index in [9.17, 15) is 15.3 Å². The summed E-state index contributed by atoms with van der Waals surface area (Å²) in [7, 11) is 0. The van der Waals surface area contributed by atoms with Gasteiger partial charge in [-0.05, 0) is 6.42 Å². The first-order valence-electron chi connectivity index (χ1n) is 5.32. The molecule has 0 aromatic carbocycles. The fourth-order valence-electron chi connectivity index (χ4n) is 1.63. The van der Waals surface area contributed by atoms with Gasteiger partial charge in [0.15, 0.2) is 0 Å². The van der Waals surface area contributed by atoms with Crippen LogP contribution in [0.2, 0.25) is 0 Å². The summed E-state index contributed by atoms with van der Waals surface area (Å²) in [5, 5.41) is 29.3. The van der Waals surface area contributed by atoms with Crippen LogP contribution in [0.1, 0.15) is 27.2 Å². The molecule has 1 rings (SSSR count). The van der Waals surface area contributed by atoms with Crippen LogP contribution in [0.15, 0.2) is 0 Å². The SMILES string of the molecule is CCC1O[C@@H](SC(C)C)[C@H](O)C(O)[C@H]1O. The normalized spacial score (nSPS) is 42.2. The number of hydrogen-bond donors (Lipinski definition) is 3. The Hall–Kier alpha value is 0.190. The van der Waals surface area contributed by atoms with Crippen LogP contribution in [0, 0.1) is 0 Å². The molecule has 1 saturated heterocycles. The molecule has 1 aliphatic rings. The fourth-order valence-corrected chi connectivity index (χ4v) is 2.70. The van der Waals surface area contributed by atoms with Crippen molar-refractivity contribution in [1.29, 1.82) is 0 Å². The minimum absolute atomic E-state index is 0.310. The molecule has 90 valence electrons. The fraction of sp³-hybridized carbons (Fsp3) is 1.00. The molecule has 1 heterocycles. The van der Waals surface area contributed by atoms with Crippen LogP contribution in [-0.2, 0) is 4.74 Å². The molecule has 0 radical (unpaired) electrons. The van der Waals surface area contributed by atoms with Crippen LogP contribution in [-0.4, -0.2) is 50.4 Å². The van der Waals surface area contributed by atoms with Gasteiger partial charge in [0.25, 0.3) is 0 Å². The summed E-state index contributed by atoms with van der Waals surface area (Å²) in [5.41, 5.74) is -0.451. The van der Waals surface area contributed by atoms with E-state index >= 15 is 0 Å². The lowest BCUT2D eigenvalue weighted by Gasteiger charge is -2.40. The van der Waals surface area contributed by atoms with E-state index < -0.39 is 23.7 Å². The Kier molecular flexibility index (Phi) is 4.86. The maximum Gasteiger partial charge on any atom is 0.132 e. The first-order chi connectivity index (χ1) is 6.97. The Morgan fingerprint density at radius 1 is 1.13 bits per heavy atom. The Bertz CT molecular complexity index is 198. The van der Waals surface area contributed by atoms with Crippen LogP contribution in [0.4, 0.5) is 0 Å². The molecule has 3 N–H and O–H groups in total. The van der Waals surface area contributed by atoms with E-state index in [4.69, 9.17) is 4.74 Å². The third-order valence-electron chi connectivity index (χ3n) is 2.48. The number of aliphatic hydroxyl groups is 3. The van der Waals surface area contributed by atoms with Crippen LogP contribution >= 0.6 is 11.8 Å². The van der Waals surface area contributed by atoms with Crippen molar-refractivity contribution in [1.82, 2.24) is 0 Å². The van der Waals surface area contributed by atoms with E-state index in [-0.39, 0.29) is 6.10 Å². The van der Waals surface area contributed by atoms with Crippen molar-refractivity contribution >= 4 is 11.8 Å². The van der Waals surface area contributed by atoms with Gasteiger partial charge in [0, 0.05) is 5.25 Å². The van der Waals surface area contributed by atoms with E-state index in [0.717, 1.165) is 0 Å². The van der Waals surface area contributed by atoms with E-state index in [1.165, 1.54) is 11.8 Å². The predicted molar refractivity (Wildman–Crippen MR) is 59.7 cm³/mol. The summed E-state index contributed by atoms with van der Waals surface area (Å²) < 4.78 is 5.54. The van der Waals surface area contributed by atoms with Gasteiger partial charge in [-0.2, -0.15) is 0 Å². The van der Waals surface area contributed by atoms with Crippen molar-refractivity contribution in [2.75, 3.05) is 0 Å². The van der Waals surface area contributed by atoms with Gasteiger partial charge < -0.3 is 20.1 Å². The molecule has 0 saturated carbocycles. The van der Waals surface area contributed by atoms with Gasteiger partial charge in [-0.25, -0.2) is 0 Å². The van der Waals surface area contributed by atoms with Gasteiger partial charge in [0.05, 0.1) is 6.10 Å². The molecule has 0 amide bonds. The van der Waals surface area contributed by atoms with Crippen molar-refractivity contribution in [2.45, 2.75) is 62.3 Å². The topological polar surface area (TPSA) is 69.9 Å². The Morgan fingerprint density at radius 3 is 2.20 bits per heavy atom. The van der Waals surface area contributed by atoms with Gasteiger partial charge in [-0.15, -0.1) is 11.8 Å². The summed E-state index contributed by atoms with van der Waals surface area (Å²) in [6, 6.07) is 0. The molecule has 1 aliphatic heterocycles. The van der Waals surface area contributed by atoms with Crippen LogP contribution in [0.25, 0.3) is 0 Å². The zero-order valence-electron chi connectivity index (χ0n) is 9.33. The van der Waals surface area contributed by atoms with Crippen LogP contribution < -0.4 is 0 Å². The quantitative estimate of drug-likeness (QED) is 0.659. The highest BCUT2D eigenvalue weighted by molar-refractivity contribution is 8.00. The highest BCUT2D eigenvalue weighted by atomic mass is 32.2. The van der Waals surface area contributed by atoms with Crippen LogP contribution in [0.3, 0.4) is 0 Å². The smallest absolute Gasteiger partial charge is 0.132 e. The zero-order valence-corrected chi connectivity index (χ0v) is 10.1. The number of ether oxygens (including phenoxy) is 1. The summed E-state index contributed by atoms with van der Waals surface area (Å²) in [6.07, 6.45) is -2.89. The number of hydrogen-bond acceptors (Lipinski definition) is 5. The summed E-state index contributed by atoms with van der Waals surface area (Å²) >= 11 is 1.47. The average molecular weight is 236 g/mol. The van der Waals surface area contributed by atoms with E-state index in [2.05, 4.69) is 0 Å². The number of rotatable bonds is 3. The summed E-state index contributed by atoms with van der Waals surface area (Å²) in [4.78, 5) is 0. The molecule has 1 fully saturated rings. The lowest BCUT2D eigenvalue weighted by Crippen LogP contribution is -2.56. The molecular formula is C10H20O4S. The first-order valence-corrected chi connectivity index (χ1v) is 6.26. The second-order valence-corrected chi connectivity index (χ2v) is 5.79. The van der Waals surface area contributed by atoms with Gasteiger partial charge in [0.1, 0.15) is 23.7 Å². The monoisotopic (exact) mass is 236 g/mol. The van der Waals surface area contributed by atoms with Gasteiger partial charge >= 0.3 is 0 Å². The van der Waals surface area contributed by atoms with Crippen molar-refractivity contribution in [3.05, 3.63) is 0 Å². The largest absolute Gasteiger partial charge is 0.388 e. The first kappa shape index (κ1) is 13.3. The minimum atomic E-state index is -1.11. The number of aliphatic hydroxyl groups excluding tert-OH is 3. The van der Waals surface area contributed by atoms with E-state index in [0.29, 0.717) is 11.7 Å². The highest BCUT2D eigenvalue weighted by Crippen LogP contribution is 2.31. The van der Waals surface area contributed by atoms with Crippen molar-refractivity contribution < 1.29 is 20.1 Å². The maximum absolute atomic E-state index is 9.71. The maximum atomic E-state index is 9.71. The van der Waals surface area contributed by atoms with Crippen molar-refractivity contribution in [3.63, 3.8) is 0 Å². The third kappa shape index (κ3) is 3.07. The van der Waals surface area contributed by atoms with Gasteiger partial charge in [-0.1, -0.05) is 20.8 Å². The molecule has 0 spiro atoms. The molecule has 4 nitrogen and oxygen atoms in total. The lowest BCUT2D eigenvalue weighted by atomic mass is 9.98. The lowest BCUT2D eigenvalue weighted by molar-refractivity contribution is -0.198. The van der Waals surface area contributed by atoms with Crippen molar-refractivity contribution in [3.8, 4) is 0 Å². The molecule has 0 aromatic heterocycles. The summed E-state index contributed by atoms with van der Waals surface area (Å²) in [5.74, 6) is 0. The molecule has 5 atom stereocenters. The third-order valence-corrected chi connectivity index (χ3v) is 3.68. The number of thioether (sulfide) groups is 1. The highest BCUT2D eigenvalue weighted by Gasteiger charge is 2.43. The molecule has 0 aliphatic carbocycles. The zero-order chi connectivity index (χ0) is 11.6. The molecule has 5 heteroatoms. The Balaban J connectivity index is 2.65. The summed E-state index contributed by atoms with van der Waals surface area (Å²) in [6.45, 7) is 5.88. The second-order valence-electron chi connectivity index (χ2n) is 4.11. The molecule has 15 heavy (non-hydrogen) atoms. The van der Waals surface area contributed by atoms with Gasteiger partial charge in [0.2, 0.25) is 0 Å². The second kappa shape index (κ2) is 5.50.